The molecule has 0 aromatic heterocycles. The van der Waals surface area contributed by atoms with E-state index >= 15 is 0 Å². The van der Waals surface area contributed by atoms with E-state index in [2.05, 4.69) is 24.5 Å². The number of anilines is 1. The van der Waals surface area contributed by atoms with Crippen LogP contribution in [0.4, 0.5) is 5.69 Å². The summed E-state index contributed by atoms with van der Waals surface area (Å²) in [4.78, 5) is 24.3. The molecule has 0 saturated carbocycles. The number of nitrogens with one attached hydrogen (secondary N) is 2. The normalized spacial score (nSPS) is 11.8. The quantitative estimate of drug-likeness (QED) is 0.697. The zero-order valence-electron chi connectivity index (χ0n) is 17.3. The van der Waals surface area contributed by atoms with E-state index in [4.69, 9.17) is 4.74 Å². The van der Waals surface area contributed by atoms with Crippen LogP contribution in [0.3, 0.4) is 0 Å². The smallest absolute Gasteiger partial charge is 0.262 e. The first-order valence-corrected chi connectivity index (χ1v) is 9.74. The predicted molar refractivity (Wildman–Crippen MR) is 113 cm³/mol. The van der Waals surface area contributed by atoms with Crippen molar-refractivity contribution >= 4 is 17.5 Å². The van der Waals surface area contributed by atoms with Crippen molar-refractivity contribution < 1.29 is 14.3 Å². The Morgan fingerprint density at radius 1 is 1.04 bits per heavy atom. The molecule has 2 N–H and O–H groups in total. The molecule has 0 aliphatic carbocycles. The van der Waals surface area contributed by atoms with Gasteiger partial charge in [-0.1, -0.05) is 32.9 Å². The lowest BCUT2D eigenvalue weighted by molar-refractivity contribution is -0.118. The van der Waals surface area contributed by atoms with Crippen molar-refractivity contribution in [2.24, 2.45) is 0 Å². The maximum Gasteiger partial charge on any atom is 0.262 e. The van der Waals surface area contributed by atoms with Gasteiger partial charge >= 0.3 is 0 Å². The van der Waals surface area contributed by atoms with Crippen molar-refractivity contribution in [1.29, 1.82) is 0 Å². The van der Waals surface area contributed by atoms with Crippen LogP contribution in [0.25, 0.3) is 0 Å². The Labute approximate surface area is 167 Å². The Morgan fingerprint density at radius 3 is 2.32 bits per heavy atom. The van der Waals surface area contributed by atoms with Crippen molar-refractivity contribution in [3.8, 4) is 5.75 Å². The fourth-order valence-electron chi connectivity index (χ4n) is 2.70. The molecule has 2 aromatic carbocycles. The van der Waals surface area contributed by atoms with Crippen LogP contribution in [0.15, 0.2) is 42.5 Å². The Balaban J connectivity index is 1.93. The van der Waals surface area contributed by atoms with Crippen LogP contribution < -0.4 is 15.4 Å². The number of hydrogen-bond acceptors (Lipinski definition) is 3. The second-order valence-electron chi connectivity index (χ2n) is 7.39. The van der Waals surface area contributed by atoms with E-state index in [1.807, 2.05) is 39.0 Å². The average molecular weight is 383 g/mol. The first kappa shape index (κ1) is 21.5. The SMILES string of the molecule is CCC(C)NC(=O)c1ccc(NC(=O)COc2cc(C)ccc2C(C)C)cc1. The Bertz CT molecular complexity index is 813. The zero-order chi connectivity index (χ0) is 20.7. The lowest BCUT2D eigenvalue weighted by Crippen LogP contribution is -2.31. The molecular weight excluding hydrogens is 352 g/mol. The molecule has 1 unspecified atom stereocenters. The molecule has 2 amide bonds. The molecule has 0 spiro atoms. The third-order valence-electron chi connectivity index (χ3n) is 4.57. The number of aryl methyl sites for hydroxylation is 1. The lowest BCUT2D eigenvalue weighted by Gasteiger charge is -2.15. The molecule has 2 aromatic rings. The van der Waals surface area contributed by atoms with E-state index in [1.54, 1.807) is 24.3 Å². The minimum absolute atomic E-state index is 0.0700. The Morgan fingerprint density at radius 2 is 1.71 bits per heavy atom. The predicted octanol–water partition coefficient (Wildman–Crippen LogP) is 4.66. The van der Waals surface area contributed by atoms with Crippen molar-refractivity contribution in [1.82, 2.24) is 5.32 Å². The molecular formula is C23H30N2O3. The molecule has 0 aliphatic heterocycles. The minimum Gasteiger partial charge on any atom is -0.483 e. The second-order valence-corrected chi connectivity index (χ2v) is 7.39. The van der Waals surface area contributed by atoms with Crippen LogP contribution >= 0.6 is 0 Å². The fraction of sp³-hybridized carbons (Fsp3) is 0.391. The van der Waals surface area contributed by atoms with Crippen molar-refractivity contribution in [3.05, 3.63) is 59.2 Å². The summed E-state index contributed by atoms with van der Waals surface area (Å²) >= 11 is 0. The summed E-state index contributed by atoms with van der Waals surface area (Å²) in [5.41, 5.74) is 3.36. The highest BCUT2D eigenvalue weighted by Crippen LogP contribution is 2.27. The Hall–Kier alpha value is -2.82. The van der Waals surface area contributed by atoms with Gasteiger partial charge in [-0.15, -0.1) is 0 Å². The monoisotopic (exact) mass is 382 g/mol. The largest absolute Gasteiger partial charge is 0.483 e. The molecule has 1 atom stereocenters. The summed E-state index contributed by atoms with van der Waals surface area (Å²) < 4.78 is 5.76. The molecule has 0 bridgehead atoms. The summed E-state index contributed by atoms with van der Waals surface area (Å²) in [6.45, 7) is 10.1. The van der Waals surface area contributed by atoms with Gasteiger partial charge in [0, 0.05) is 17.3 Å². The van der Waals surface area contributed by atoms with Gasteiger partial charge in [-0.3, -0.25) is 9.59 Å². The first-order valence-electron chi connectivity index (χ1n) is 9.74. The van der Waals surface area contributed by atoms with Gasteiger partial charge in [0.05, 0.1) is 0 Å². The maximum atomic E-state index is 12.2. The third kappa shape index (κ3) is 6.12. The first-order chi connectivity index (χ1) is 13.3. The zero-order valence-corrected chi connectivity index (χ0v) is 17.3. The van der Waals surface area contributed by atoms with E-state index in [-0.39, 0.29) is 24.5 Å². The number of hydrogen-bond donors (Lipinski definition) is 2. The summed E-state index contributed by atoms with van der Waals surface area (Å²) in [5.74, 6) is 0.694. The summed E-state index contributed by atoms with van der Waals surface area (Å²) in [6, 6.07) is 13.0. The van der Waals surface area contributed by atoms with E-state index < -0.39 is 0 Å². The van der Waals surface area contributed by atoms with Crippen molar-refractivity contribution in [2.45, 2.75) is 53.0 Å². The van der Waals surface area contributed by atoms with Gasteiger partial charge in [-0.05, 0) is 67.6 Å². The van der Waals surface area contributed by atoms with E-state index in [1.165, 1.54) is 0 Å². The number of carbonyl (C=O) groups excluding carboxylic acids is 2. The number of benzene rings is 2. The third-order valence-corrected chi connectivity index (χ3v) is 4.57. The summed E-state index contributed by atoms with van der Waals surface area (Å²) in [7, 11) is 0. The molecule has 0 radical (unpaired) electrons. The molecule has 5 nitrogen and oxygen atoms in total. The number of rotatable bonds is 8. The maximum absolute atomic E-state index is 12.2. The van der Waals surface area contributed by atoms with Gasteiger partial charge in [0.15, 0.2) is 6.61 Å². The van der Waals surface area contributed by atoms with Crippen LogP contribution in [-0.4, -0.2) is 24.5 Å². The van der Waals surface area contributed by atoms with Crippen LogP contribution in [0.5, 0.6) is 5.75 Å². The van der Waals surface area contributed by atoms with Crippen LogP contribution in [0.1, 0.15) is 61.5 Å². The summed E-state index contributed by atoms with van der Waals surface area (Å²) in [5, 5.41) is 5.72. The molecule has 0 aliphatic rings. The number of amides is 2. The lowest BCUT2D eigenvalue weighted by atomic mass is 10.0. The standard InChI is InChI=1S/C23H30N2O3/c1-6-17(5)24-23(27)18-8-10-19(11-9-18)25-22(26)14-28-21-13-16(4)7-12-20(21)15(2)3/h7-13,15,17H,6,14H2,1-5H3,(H,24,27)(H,25,26). The van der Waals surface area contributed by atoms with Gasteiger partial charge < -0.3 is 15.4 Å². The molecule has 150 valence electrons. The van der Waals surface area contributed by atoms with Crippen LogP contribution in [0, 0.1) is 6.92 Å². The topological polar surface area (TPSA) is 67.4 Å². The van der Waals surface area contributed by atoms with E-state index in [9.17, 15) is 9.59 Å². The Kier molecular flexibility index (Phi) is 7.61. The molecule has 28 heavy (non-hydrogen) atoms. The number of carbonyl (C=O) groups is 2. The number of ether oxygens (including phenoxy) is 1. The van der Waals surface area contributed by atoms with Crippen molar-refractivity contribution in [2.75, 3.05) is 11.9 Å². The minimum atomic E-state index is -0.243. The molecule has 0 saturated heterocycles. The van der Waals surface area contributed by atoms with E-state index in [0.717, 1.165) is 23.3 Å². The van der Waals surface area contributed by atoms with Crippen LogP contribution in [0.2, 0.25) is 0 Å². The second kappa shape index (κ2) is 9.93. The van der Waals surface area contributed by atoms with E-state index in [0.29, 0.717) is 17.2 Å². The van der Waals surface area contributed by atoms with Gasteiger partial charge in [-0.2, -0.15) is 0 Å². The highest BCUT2D eigenvalue weighted by atomic mass is 16.5. The summed E-state index contributed by atoms with van der Waals surface area (Å²) in [6.07, 6.45) is 0.874. The molecule has 0 heterocycles. The average Bonchev–Trinajstić information content (AvgIpc) is 2.66. The molecule has 0 fully saturated rings. The van der Waals surface area contributed by atoms with Gasteiger partial charge in [-0.25, -0.2) is 0 Å². The van der Waals surface area contributed by atoms with Crippen molar-refractivity contribution in [3.63, 3.8) is 0 Å². The van der Waals surface area contributed by atoms with Gasteiger partial charge in [0.2, 0.25) is 0 Å². The fourth-order valence-corrected chi connectivity index (χ4v) is 2.70. The van der Waals surface area contributed by atoms with Gasteiger partial charge in [0.1, 0.15) is 5.75 Å². The highest BCUT2D eigenvalue weighted by molar-refractivity contribution is 5.96. The molecule has 5 heteroatoms. The molecule has 2 rings (SSSR count). The van der Waals surface area contributed by atoms with Crippen LogP contribution in [-0.2, 0) is 4.79 Å². The van der Waals surface area contributed by atoms with Gasteiger partial charge in [0.25, 0.3) is 11.8 Å². The highest BCUT2D eigenvalue weighted by Gasteiger charge is 2.12.